The minimum atomic E-state index is -2.99. The van der Waals surface area contributed by atoms with Gasteiger partial charge in [-0.1, -0.05) is 0 Å². The lowest BCUT2D eigenvalue weighted by Crippen LogP contribution is -2.25. The quantitative estimate of drug-likeness (QED) is 0.728. The van der Waals surface area contributed by atoms with E-state index in [4.69, 9.17) is 0 Å². The van der Waals surface area contributed by atoms with Crippen LogP contribution in [0.15, 0.2) is 18.3 Å². The fraction of sp³-hybridized carbons (Fsp3) is 0.455. The van der Waals surface area contributed by atoms with E-state index >= 15 is 0 Å². The number of nitrogens with zero attached hydrogens (tertiary/aromatic N) is 2. The van der Waals surface area contributed by atoms with E-state index in [2.05, 4.69) is 4.98 Å². The molecular weight excluding hydrogens is 240 g/mol. The van der Waals surface area contributed by atoms with Crippen molar-refractivity contribution in [3.63, 3.8) is 0 Å². The summed E-state index contributed by atoms with van der Waals surface area (Å²) in [7, 11) is -1.24. The summed E-state index contributed by atoms with van der Waals surface area (Å²) in [5.41, 5.74) is 0.571. The van der Waals surface area contributed by atoms with Crippen molar-refractivity contribution in [2.24, 2.45) is 0 Å². The highest BCUT2D eigenvalue weighted by atomic mass is 32.2. The summed E-state index contributed by atoms with van der Waals surface area (Å²) < 4.78 is 22.1. The maximum atomic E-state index is 11.2. The maximum absolute atomic E-state index is 11.2. The van der Waals surface area contributed by atoms with E-state index in [1.54, 1.807) is 30.3 Å². The summed E-state index contributed by atoms with van der Waals surface area (Å²) >= 11 is 0. The number of carbonyl (C=O) groups excluding carboxylic acids is 1. The second-order valence-corrected chi connectivity index (χ2v) is 6.27. The summed E-state index contributed by atoms with van der Waals surface area (Å²) in [6, 6.07) is 3.29. The molecule has 17 heavy (non-hydrogen) atoms. The first kappa shape index (κ1) is 13.6. The van der Waals surface area contributed by atoms with Gasteiger partial charge in [-0.05, 0) is 19.1 Å². The molecule has 0 bridgehead atoms. The number of anilines is 1. The summed E-state index contributed by atoms with van der Waals surface area (Å²) in [5, 5.41) is 0. The highest BCUT2D eigenvalue weighted by molar-refractivity contribution is 7.90. The first-order valence-corrected chi connectivity index (χ1v) is 7.21. The molecule has 0 N–H and O–H groups in total. The third-order valence-electron chi connectivity index (χ3n) is 2.34. The van der Waals surface area contributed by atoms with Gasteiger partial charge in [-0.25, -0.2) is 13.4 Å². The molecule has 1 rings (SSSR count). The number of ketones is 1. The van der Waals surface area contributed by atoms with E-state index in [0.717, 1.165) is 0 Å². The predicted molar refractivity (Wildman–Crippen MR) is 67.2 cm³/mol. The molecule has 1 aromatic rings. The summed E-state index contributed by atoms with van der Waals surface area (Å²) in [4.78, 5) is 17.0. The molecule has 0 aliphatic rings. The molecule has 0 amide bonds. The Morgan fingerprint density at radius 3 is 2.65 bits per heavy atom. The lowest BCUT2D eigenvalue weighted by Gasteiger charge is -2.17. The van der Waals surface area contributed by atoms with Gasteiger partial charge in [0, 0.05) is 31.6 Å². The third kappa shape index (κ3) is 4.52. The number of rotatable bonds is 5. The Balaban J connectivity index is 2.79. The summed E-state index contributed by atoms with van der Waals surface area (Å²) in [6.07, 6.45) is 2.74. The van der Waals surface area contributed by atoms with Gasteiger partial charge in [-0.2, -0.15) is 0 Å². The van der Waals surface area contributed by atoms with Gasteiger partial charge in [-0.15, -0.1) is 0 Å². The average Bonchev–Trinajstić information content (AvgIpc) is 2.25. The van der Waals surface area contributed by atoms with E-state index in [-0.39, 0.29) is 11.5 Å². The molecule has 0 atom stereocenters. The predicted octanol–water partition coefficient (Wildman–Crippen LogP) is 0.765. The van der Waals surface area contributed by atoms with Gasteiger partial charge in [0.05, 0.1) is 5.75 Å². The van der Waals surface area contributed by atoms with Crippen LogP contribution in [0.2, 0.25) is 0 Å². The van der Waals surface area contributed by atoms with Crippen LogP contribution in [0.3, 0.4) is 0 Å². The Morgan fingerprint density at radius 1 is 1.47 bits per heavy atom. The molecule has 0 radical (unpaired) electrons. The van der Waals surface area contributed by atoms with E-state index < -0.39 is 9.84 Å². The standard InChI is InChI=1S/C11H16N2O3S/c1-9(14)10-4-5-12-11(8-10)13(2)6-7-17(3,15)16/h4-5,8H,6-7H2,1-3H3. The first-order valence-electron chi connectivity index (χ1n) is 5.15. The fourth-order valence-electron chi connectivity index (χ4n) is 1.26. The van der Waals surface area contributed by atoms with Crippen LogP contribution in [-0.4, -0.2) is 44.8 Å². The largest absolute Gasteiger partial charge is 0.359 e. The molecule has 94 valence electrons. The van der Waals surface area contributed by atoms with Crippen LogP contribution in [0, 0.1) is 0 Å². The Hall–Kier alpha value is -1.43. The highest BCUT2D eigenvalue weighted by Gasteiger charge is 2.09. The molecule has 0 unspecified atom stereocenters. The van der Waals surface area contributed by atoms with Crippen LogP contribution in [0.1, 0.15) is 17.3 Å². The number of hydrogen-bond donors (Lipinski definition) is 0. The number of pyridine rings is 1. The lowest BCUT2D eigenvalue weighted by atomic mass is 10.2. The van der Waals surface area contributed by atoms with Crippen molar-refractivity contribution in [1.29, 1.82) is 0 Å². The summed E-state index contributed by atoms with van der Waals surface area (Å²) in [6.45, 7) is 1.84. The second-order valence-electron chi connectivity index (χ2n) is 4.01. The Bertz CT molecular complexity index is 511. The molecule has 0 aliphatic heterocycles. The van der Waals surface area contributed by atoms with E-state index in [9.17, 15) is 13.2 Å². The molecular formula is C11H16N2O3S. The monoisotopic (exact) mass is 256 g/mol. The van der Waals surface area contributed by atoms with Crippen molar-refractivity contribution in [3.05, 3.63) is 23.9 Å². The minimum absolute atomic E-state index is 0.0369. The second kappa shape index (κ2) is 5.27. The molecule has 1 heterocycles. The van der Waals surface area contributed by atoms with E-state index in [0.29, 0.717) is 17.9 Å². The Kier molecular flexibility index (Phi) is 4.22. The van der Waals surface area contributed by atoms with Crippen LogP contribution < -0.4 is 4.90 Å². The lowest BCUT2D eigenvalue weighted by molar-refractivity contribution is 0.101. The molecule has 0 aliphatic carbocycles. The molecule has 0 aromatic carbocycles. The van der Waals surface area contributed by atoms with Gasteiger partial charge in [0.2, 0.25) is 0 Å². The zero-order chi connectivity index (χ0) is 13.1. The highest BCUT2D eigenvalue weighted by Crippen LogP contribution is 2.11. The maximum Gasteiger partial charge on any atom is 0.159 e. The minimum Gasteiger partial charge on any atom is -0.359 e. The van der Waals surface area contributed by atoms with Crippen molar-refractivity contribution in [3.8, 4) is 0 Å². The zero-order valence-electron chi connectivity index (χ0n) is 10.2. The van der Waals surface area contributed by atoms with Crippen molar-refractivity contribution in [2.45, 2.75) is 6.92 Å². The number of carbonyl (C=O) groups is 1. The van der Waals surface area contributed by atoms with Crippen LogP contribution in [0.5, 0.6) is 0 Å². The molecule has 1 aromatic heterocycles. The smallest absolute Gasteiger partial charge is 0.159 e. The molecule has 6 heteroatoms. The van der Waals surface area contributed by atoms with Gasteiger partial charge in [0.1, 0.15) is 15.7 Å². The van der Waals surface area contributed by atoms with Crippen molar-refractivity contribution in [1.82, 2.24) is 4.98 Å². The van der Waals surface area contributed by atoms with Gasteiger partial charge in [0.15, 0.2) is 5.78 Å². The molecule has 0 saturated carbocycles. The normalized spacial score (nSPS) is 11.2. The molecule has 0 spiro atoms. The van der Waals surface area contributed by atoms with Crippen molar-refractivity contribution < 1.29 is 13.2 Å². The topological polar surface area (TPSA) is 67.3 Å². The van der Waals surface area contributed by atoms with Crippen LogP contribution >= 0.6 is 0 Å². The third-order valence-corrected chi connectivity index (χ3v) is 3.26. The number of sulfone groups is 1. The van der Waals surface area contributed by atoms with Crippen LogP contribution in [0.25, 0.3) is 0 Å². The fourth-order valence-corrected chi connectivity index (χ4v) is 1.87. The van der Waals surface area contributed by atoms with Gasteiger partial charge >= 0.3 is 0 Å². The Morgan fingerprint density at radius 2 is 2.12 bits per heavy atom. The molecule has 0 saturated heterocycles. The SMILES string of the molecule is CC(=O)c1ccnc(N(C)CCS(C)(=O)=O)c1. The van der Waals surface area contributed by atoms with Crippen molar-refractivity contribution >= 4 is 21.4 Å². The number of aromatic nitrogens is 1. The van der Waals surface area contributed by atoms with Crippen LogP contribution in [0.4, 0.5) is 5.82 Å². The first-order chi connectivity index (χ1) is 7.79. The zero-order valence-corrected chi connectivity index (χ0v) is 11.0. The summed E-state index contributed by atoms with van der Waals surface area (Å²) in [5.74, 6) is 0.627. The van der Waals surface area contributed by atoms with Gasteiger partial charge in [-0.3, -0.25) is 4.79 Å². The molecule has 0 fully saturated rings. The van der Waals surface area contributed by atoms with Crippen LogP contribution in [-0.2, 0) is 9.84 Å². The van der Waals surface area contributed by atoms with E-state index in [1.807, 2.05) is 0 Å². The molecule has 5 nitrogen and oxygen atoms in total. The van der Waals surface area contributed by atoms with Crippen molar-refractivity contribution in [2.75, 3.05) is 30.5 Å². The Labute approximate surface area is 101 Å². The van der Waals surface area contributed by atoms with Gasteiger partial charge in [0.25, 0.3) is 0 Å². The average molecular weight is 256 g/mol. The number of hydrogen-bond acceptors (Lipinski definition) is 5. The number of Topliss-reactive ketones (excluding diaryl/α,β-unsaturated/α-hetero) is 1. The van der Waals surface area contributed by atoms with Gasteiger partial charge < -0.3 is 4.90 Å². The van der Waals surface area contributed by atoms with E-state index in [1.165, 1.54) is 13.2 Å².